The molecule has 0 aliphatic heterocycles. The average molecular weight is 413 g/mol. The van der Waals surface area contributed by atoms with Gasteiger partial charge in [-0.25, -0.2) is 4.79 Å². The summed E-state index contributed by atoms with van der Waals surface area (Å²) >= 11 is 0. The van der Waals surface area contributed by atoms with E-state index in [2.05, 4.69) is 11.4 Å². The molecule has 1 aliphatic carbocycles. The Labute approximate surface area is 181 Å². The van der Waals surface area contributed by atoms with Crippen molar-refractivity contribution < 1.29 is 19.1 Å². The molecule has 0 spiro atoms. The molecule has 0 bridgehead atoms. The molecule has 1 N–H and O–H groups in total. The minimum absolute atomic E-state index is 0.0805. The van der Waals surface area contributed by atoms with Gasteiger partial charge in [-0.3, -0.25) is 9.59 Å². The molecule has 0 fully saturated rings. The van der Waals surface area contributed by atoms with E-state index < -0.39 is 12.6 Å². The van der Waals surface area contributed by atoms with Gasteiger partial charge in [0.25, 0.3) is 5.91 Å². The monoisotopic (exact) mass is 413 g/mol. The number of fused-ring (bicyclic) bond motifs is 1. The van der Waals surface area contributed by atoms with E-state index in [1.54, 1.807) is 42.5 Å². The van der Waals surface area contributed by atoms with Crippen LogP contribution >= 0.6 is 0 Å². The van der Waals surface area contributed by atoms with Crippen molar-refractivity contribution in [2.75, 3.05) is 6.61 Å². The summed E-state index contributed by atoms with van der Waals surface area (Å²) in [5, 5.41) is 2.96. The van der Waals surface area contributed by atoms with Crippen LogP contribution in [0.3, 0.4) is 0 Å². The van der Waals surface area contributed by atoms with E-state index in [9.17, 15) is 14.4 Å². The van der Waals surface area contributed by atoms with Gasteiger partial charge < -0.3 is 10.1 Å². The van der Waals surface area contributed by atoms with E-state index in [-0.39, 0.29) is 28.9 Å². The van der Waals surface area contributed by atoms with Crippen LogP contribution in [-0.2, 0) is 16.0 Å². The second kappa shape index (κ2) is 9.39. The highest BCUT2D eigenvalue weighted by atomic mass is 16.5. The van der Waals surface area contributed by atoms with Gasteiger partial charge in [-0.1, -0.05) is 72.8 Å². The fourth-order valence-electron chi connectivity index (χ4n) is 3.95. The van der Waals surface area contributed by atoms with Crippen molar-refractivity contribution in [2.45, 2.75) is 25.3 Å². The molecule has 156 valence electrons. The lowest BCUT2D eigenvalue weighted by Crippen LogP contribution is -2.34. The summed E-state index contributed by atoms with van der Waals surface area (Å²) in [7, 11) is 0. The number of ketones is 1. The normalized spacial score (nSPS) is 14.9. The maximum absolute atomic E-state index is 12.8. The van der Waals surface area contributed by atoms with Crippen LogP contribution in [-0.4, -0.2) is 24.3 Å². The van der Waals surface area contributed by atoms with Crippen molar-refractivity contribution in [3.63, 3.8) is 0 Å². The zero-order valence-corrected chi connectivity index (χ0v) is 17.0. The van der Waals surface area contributed by atoms with E-state index in [1.165, 1.54) is 11.6 Å². The molecule has 1 unspecified atom stereocenters. The summed E-state index contributed by atoms with van der Waals surface area (Å²) in [6.07, 6.45) is 2.85. The maximum Gasteiger partial charge on any atom is 0.339 e. The van der Waals surface area contributed by atoms with Crippen LogP contribution in [0.2, 0.25) is 0 Å². The number of aryl methyl sites for hydroxylation is 1. The number of ether oxygens (including phenoxy) is 1. The predicted molar refractivity (Wildman–Crippen MR) is 117 cm³/mol. The highest BCUT2D eigenvalue weighted by molar-refractivity contribution is 6.14. The molecule has 3 aromatic carbocycles. The van der Waals surface area contributed by atoms with Gasteiger partial charge in [0.05, 0.1) is 11.6 Å². The van der Waals surface area contributed by atoms with Crippen LogP contribution in [0.4, 0.5) is 0 Å². The highest BCUT2D eigenvalue weighted by Crippen LogP contribution is 2.29. The van der Waals surface area contributed by atoms with Crippen LogP contribution in [0, 0.1) is 0 Å². The molecule has 0 heterocycles. The third-order valence-electron chi connectivity index (χ3n) is 5.47. The first kappa shape index (κ1) is 20.5. The number of benzene rings is 3. The second-order valence-corrected chi connectivity index (χ2v) is 7.53. The lowest BCUT2D eigenvalue weighted by atomic mass is 9.88. The number of nitrogens with one attached hydrogen (secondary N) is 1. The lowest BCUT2D eigenvalue weighted by Gasteiger charge is -2.26. The molecule has 0 saturated carbocycles. The Morgan fingerprint density at radius 2 is 1.52 bits per heavy atom. The molecule has 1 aliphatic rings. The number of hydrogen-bond donors (Lipinski definition) is 1. The molecule has 3 aromatic rings. The van der Waals surface area contributed by atoms with Crippen molar-refractivity contribution in [1.82, 2.24) is 5.32 Å². The quantitative estimate of drug-likeness (QED) is 0.484. The first-order valence-electron chi connectivity index (χ1n) is 10.4. The number of carbonyl (C=O) groups excluding carboxylic acids is 3. The van der Waals surface area contributed by atoms with Crippen LogP contribution in [0.1, 0.15) is 56.3 Å². The Morgan fingerprint density at radius 1 is 0.839 bits per heavy atom. The molecule has 1 atom stereocenters. The Hall–Kier alpha value is -3.73. The lowest BCUT2D eigenvalue weighted by molar-refractivity contribution is -0.125. The molecule has 4 rings (SSSR count). The topological polar surface area (TPSA) is 72.5 Å². The Balaban J connectivity index is 1.41. The zero-order chi connectivity index (χ0) is 21.6. The van der Waals surface area contributed by atoms with Crippen LogP contribution in [0.25, 0.3) is 0 Å². The first-order valence-corrected chi connectivity index (χ1v) is 10.4. The van der Waals surface area contributed by atoms with Gasteiger partial charge in [0, 0.05) is 11.1 Å². The summed E-state index contributed by atoms with van der Waals surface area (Å²) in [4.78, 5) is 37.9. The number of hydrogen-bond acceptors (Lipinski definition) is 4. The smallest absolute Gasteiger partial charge is 0.339 e. The summed E-state index contributed by atoms with van der Waals surface area (Å²) in [5.41, 5.74) is 3.24. The summed E-state index contributed by atoms with van der Waals surface area (Å²) in [6, 6.07) is 23.2. The first-order chi connectivity index (χ1) is 15.1. The minimum Gasteiger partial charge on any atom is -0.452 e. The number of rotatable bonds is 6. The van der Waals surface area contributed by atoms with Gasteiger partial charge in [0.2, 0.25) is 0 Å². The molecule has 0 radical (unpaired) electrons. The van der Waals surface area contributed by atoms with E-state index in [4.69, 9.17) is 4.74 Å². The second-order valence-electron chi connectivity index (χ2n) is 7.53. The van der Waals surface area contributed by atoms with Gasteiger partial charge >= 0.3 is 5.97 Å². The van der Waals surface area contributed by atoms with Crippen molar-refractivity contribution in [2.24, 2.45) is 0 Å². The fourth-order valence-corrected chi connectivity index (χ4v) is 3.95. The largest absolute Gasteiger partial charge is 0.452 e. The molecular formula is C26H23NO4. The standard InChI is InChI=1S/C26H23NO4/c28-24(27-23-16-8-12-18-9-4-5-13-20(18)23)17-31-26(30)22-15-7-6-14-21(22)25(29)19-10-2-1-3-11-19/h1-7,9-11,13-15,23H,8,12,16-17H2,(H,27,28). The molecule has 5 heteroatoms. The van der Waals surface area contributed by atoms with Gasteiger partial charge in [0.1, 0.15) is 0 Å². The van der Waals surface area contributed by atoms with Crippen LogP contribution in [0.15, 0.2) is 78.9 Å². The van der Waals surface area contributed by atoms with Gasteiger partial charge in [-0.2, -0.15) is 0 Å². The van der Waals surface area contributed by atoms with E-state index in [0.717, 1.165) is 24.8 Å². The number of carbonyl (C=O) groups is 3. The van der Waals surface area contributed by atoms with Gasteiger partial charge in [-0.05, 0) is 36.5 Å². The van der Waals surface area contributed by atoms with E-state index >= 15 is 0 Å². The fraction of sp³-hybridized carbons (Fsp3) is 0.192. The molecule has 1 amide bonds. The third kappa shape index (κ3) is 4.72. The summed E-state index contributed by atoms with van der Waals surface area (Å²) in [6.45, 7) is -0.397. The van der Waals surface area contributed by atoms with Gasteiger partial charge in [-0.15, -0.1) is 0 Å². The van der Waals surface area contributed by atoms with Crippen molar-refractivity contribution in [3.05, 3.63) is 107 Å². The Bertz CT molecular complexity index is 1110. The predicted octanol–water partition coefficient (Wildman–Crippen LogP) is 4.27. The molecular weight excluding hydrogens is 390 g/mol. The Kier molecular flexibility index (Phi) is 6.22. The minimum atomic E-state index is -0.695. The molecule has 31 heavy (non-hydrogen) atoms. The zero-order valence-electron chi connectivity index (χ0n) is 17.0. The van der Waals surface area contributed by atoms with Crippen molar-refractivity contribution in [3.8, 4) is 0 Å². The SMILES string of the molecule is O=C(COC(=O)c1ccccc1C(=O)c1ccccc1)NC1CCCc2ccccc21. The van der Waals surface area contributed by atoms with Crippen molar-refractivity contribution in [1.29, 1.82) is 0 Å². The number of amides is 1. The highest BCUT2D eigenvalue weighted by Gasteiger charge is 2.23. The maximum atomic E-state index is 12.8. The molecule has 5 nitrogen and oxygen atoms in total. The van der Waals surface area contributed by atoms with Crippen LogP contribution in [0.5, 0.6) is 0 Å². The average Bonchev–Trinajstić information content (AvgIpc) is 2.83. The molecule has 0 aromatic heterocycles. The van der Waals surface area contributed by atoms with E-state index in [0.29, 0.717) is 5.56 Å². The summed E-state index contributed by atoms with van der Waals surface area (Å²) < 4.78 is 5.24. The van der Waals surface area contributed by atoms with Crippen LogP contribution < -0.4 is 5.32 Å². The molecule has 0 saturated heterocycles. The van der Waals surface area contributed by atoms with E-state index in [1.807, 2.05) is 24.3 Å². The Morgan fingerprint density at radius 3 is 2.32 bits per heavy atom. The van der Waals surface area contributed by atoms with Gasteiger partial charge in [0.15, 0.2) is 12.4 Å². The summed E-state index contributed by atoms with van der Waals surface area (Å²) in [5.74, 6) is -1.32. The third-order valence-corrected chi connectivity index (χ3v) is 5.47. The van der Waals surface area contributed by atoms with Crippen molar-refractivity contribution >= 4 is 17.7 Å². The number of esters is 1.